The van der Waals surface area contributed by atoms with Gasteiger partial charge >= 0.3 is 0 Å². The maximum atomic E-state index is 9.40. The van der Waals surface area contributed by atoms with E-state index in [0.29, 0.717) is 15.9 Å². The largest absolute Gasteiger partial charge is 0.504 e. The van der Waals surface area contributed by atoms with Crippen molar-refractivity contribution in [1.29, 1.82) is 0 Å². The molecular formula is C9H12ClN3O3S. The van der Waals surface area contributed by atoms with E-state index in [-0.39, 0.29) is 23.6 Å². The van der Waals surface area contributed by atoms with Crippen molar-refractivity contribution in [3.8, 4) is 22.1 Å². The number of nitrogen functional groups attached to an aromatic ring is 1. The molecule has 0 saturated carbocycles. The molecule has 0 unspecified atom stereocenters. The number of benzene rings is 1. The number of aromatic nitrogens is 2. The molecule has 2 rings (SSSR count). The standard InChI is InChI=1S/C9H9N3O2S.ClH.H2O/c1-14-7-4-5(2-3-6(7)13)8-11-12-9(10)15-8;;/h2-4,13H,1H3,(H2,10,12);1H;1H2. The van der Waals surface area contributed by atoms with Gasteiger partial charge in [0.2, 0.25) is 5.13 Å². The number of phenolic OH excluding ortho intramolecular Hbond substituents is 1. The zero-order chi connectivity index (χ0) is 10.8. The summed E-state index contributed by atoms with van der Waals surface area (Å²) in [5.74, 6) is 0.500. The average molecular weight is 278 g/mol. The highest BCUT2D eigenvalue weighted by Crippen LogP contribution is 2.32. The summed E-state index contributed by atoms with van der Waals surface area (Å²) in [4.78, 5) is 0. The monoisotopic (exact) mass is 277 g/mol. The Labute approximate surface area is 108 Å². The predicted octanol–water partition coefficient (Wildman–Crippen LogP) is 1.10. The molecule has 0 aliphatic heterocycles. The van der Waals surface area contributed by atoms with Gasteiger partial charge in [0.05, 0.1) is 7.11 Å². The number of halogens is 1. The summed E-state index contributed by atoms with van der Waals surface area (Å²) >= 11 is 1.28. The number of methoxy groups -OCH3 is 1. The number of phenols is 1. The van der Waals surface area contributed by atoms with E-state index in [2.05, 4.69) is 10.2 Å². The van der Waals surface area contributed by atoms with Gasteiger partial charge < -0.3 is 21.1 Å². The summed E-state index contributed by atoms with van der Waals surface area (Å²) in [7, 11) is 1.49. The maximum Gasteiger partial charge on any atom is 0.203 e. The molecule has 1 aromatic carbocycles. The molecule has 5 N–H and O–H groups in total. The van der Waals surface area contributed by atoms with E-state index in [1.807, 2.05) is 0 Å². The van der Waals surface area contributed by atoms with Gasteiger partial charge in [0.15, 0.2) is 11.5 Å². The molecule has 0 fully saturated rings. The molecule has 0 amide bonds. The van der Waals surface area contributed by atoms with Crippen LogP contribution in [0.15, 0.2) is 18.2 Å². The second-order valence-electron chi connectivity index (χ2n) is 2.83. The van der Waals surface area contributed by atoms with Gasteiger partial charge in [-0.15, -0.1) is 22.6 Å². The Morgan fingerprint density at radius 3 is 2.59 bits per heavy atom. The van der Waals surface area contributed by atoms with Crippen LogP contribution in [0.1, 0.15) is 0 Å². The fourth-order valence-electron chi connectivity index (χ4n) is 1.16. The van der Waals surface area contributed by atoms with E-state index in [0.717, 1.165) is 5.56 Å². The van der Waals surface area contributed by atoms with Crippen LogP contribution in [-0.2, 0) is 0 Å². The molecule has 0 aliphatic rings. The quantitative estimate of drug-likeness (QED) is 0.853. The van der Waals surface area contributed by atoms with Crippen molar-refractivity contribution in [3.63, 3.8) is 0 Å². The minimum absolute atomic E-state index is 0. The minimum atomic E-state index is 0. The summed E-state index contributed by atoms with van der Waals surface area (Å²) in [6, 6.07) is 4.97. The first-order chi connectivity index (χ1) is 7.20. The molecule has 1 heterocycles. The van der Waals surface area contributed by atoms with Crippen LogP contribution in [0.4, 0.5) is 5.13 Å². The number of nitrogens with zero attached hydrogens (tertiary/aromatic N) is 2. The number of rotatable bonds is 2. The topological polar surface area (TPSA) is 113 Å². The molecule has 1 aromatic heterocycles. The van der Waals surface area contributed by atoms with E-state index in [1.165, 1.54) is 18.4 Å². The Hall–Kier alpha value is -1.57. The Kier molecular flexibility index (Phi) is 5.66. The summed E-state index contributed by atoms with van der Waals surface area (Å²) < 4.78 is 4.99. The Bertz CT molecular complexity index is 492. The second-order valence-corrected chi connectivity index (χ2v) is 3.84. The van der Waals surface area contributed by atoms with Gasteiger partial charge in [0.25, 0.3) is 0 Å². The van der Waals surface area contributed by atoms with E-state index in [1.54, 1.807) is 18.2 Å². The highest BCUT2D eigenvalue weighted by atomic mass is 35.5. The van der Waals surface area contributed by atoms with Crippen molar-refractivity contribution in [2.24, 2.45) is 0 Å². The highest BCUT2D eigenvalue weighted by Gasteiger charge is 2.08. The van der Waals surface area contributed by atoms with Crippen LogP contribution in [0.3, 0.4) is 0 Å². The smallest absolute Gasteiger partial charge is 0.203 e. The van der Waals surface area contributed by atoms with Crippen molar-refractivity contribution in [3.05, 3.63) is 18.2 Å². The number of ether oxygens (including phenoxy) is 1. The molecule has 0 atom stereocenters. The van der Waals surface area contributed by atoms with Gasteiger partial charge in [-0.05, 0) is 18.2 Å². The summed E-state index contributed by atoms with van der Waals surface area (Å²) in [5, 5.41) is 18.1. The number of hydrogen-bond acceptors (Lipinski definition) is 6. The van der Waals surface area contributed by atoms with Crippen molar-refractivity contribution >= 4 is 28.9 Å². The van der Waals surface area contributed by atoms with E-state index in [4.69, 9.17) is 10.5 Å². The minimum Gasteiger partial charge on any atom is -0.504 e. The molecule has 94 valence electrons. The molecule has 0 bridgehead atoms. The summed E-state index contributed by atoms with van der Waals surface area (Å²) in [6.45, 7) is 0. The van der Waals surface area contributed by atoms with Gasteiger partial charge in [-0.2, -0.15) is 0 Å². The first kappa shape index (κ1) is 15.4. The van der Waals surface area contributed by atoms with Crippen LogP contribution in [0.25, 0.3) is 10.6 Å². The third kappa shape index (κ3) is 3.19. The molecule has 0 radical (unpaired) electrons. The Balaban J connectivity index is 0.00000128. The number of nitrogens with two attached hydrogens (primary N) is 1. The second kappa shape index (κ2) is 6.24. The lowest BCUT2D eigenvalue weighted by molar-refractivity contribution is 0.373. The van der Waals surface area contributed by atoms with Crippen LogP contribution in [0.2, 0.25) is 0 Å². The first-order valence-corrected chi connectivity index (χ1v) is 4.98. The molecule has 0 aliphatic carbocycles. The van der Waals surface area contributed by atoms with Gasteiger partial charge in [-0.3, -0.25) is 0 Å². The molecule has 0 spiro atoms. The zero-order valence-corrected chi connectivity index (χ0v) is 10.5. The molecule has 2 aromatic rings. The van der Waals surface area contributed by atoms with Gasteiger partial charge in [0, 0.05) is 5.56 Å². The maximum absolute atomic E-state index is 9.40. The fourth-order valence-corrected chi connectivity index (χ4v) is 1.77. The lowest BCUT2D eigenvalue weighted by Crippen LogP contribution is -1.85. The van der Waals surface area contributed by atoms with Gasteiger partial charge in [-0.25, -0.2) is 0 Å². The summed E-state index contributed by atoms with van der Waals surface area (Å²) in [5.41, 5.74) is 6.30. The van der Waals surface area contributed by atoms with Crippen LogP contribution in [0.5, 0.6) is 11.5 Å². The van der Waals surface area contributed by atoms with E-state index in [9.17, 15) is 5.11 Å². The molecular weight excluding hydrogens is 266 g/mol. The molecule has 6 nitrogen and oxygen atoms in total. The van der Waals surface area contributed by atoms with Gasteiger partial charge in [-0.1, -0.05) is 11.3 Å². The van der Waals surface area contributed by atoms with Crippen molar-refractivity contribution in [1.82, 2.24) is 10.2 Å². The molecule has 0 saturated heterocycles. The SMILES string of the molecule is COc1cc(-c2nnc(N)s2)ccc1O.Cl.O. The summed E-state index contributed by atoms with van der Waals surface area (Å²) in [6.07, 6.45) is 0. The van der Waals surface area contributed by atoms with Crippen LogP contribution < -0.4 is 10.5 Å². The number of hydrogen-bond donors (Lipinski definition) is 2. The molecule has 8 heteroatoms. The number of aromatic hydroxyl groups is 1. The third-order valence-corrected chi connectivity index (χ3v) is 2.67. The normalized spacial score (nSPS) is 9.00. The van der Waals surface area contributed by atoms with Crippen molar-refractivity contribution in [2.75, 3.05) is 12.8 Å². The predicted molar refractivity (Wildman–Crippen MR) is 68.8 cm³/mol. The highest BCUT2D eigenvalue weighted by molar-refractivity contribution is 7.18. The van der Waals surface area contributed by atoms with Crippen LogP contribution in [0, 0.1) is 0 Å². The number of anilines is 1. The lowest BCUT2D eigenvalue weighted by Gasteiger charge is -2.03. The zero-order valence-electron chi connectivity index (χ0n) is 8.88. The average Bonchev–Trinajstić information content (AvgIpc) is 2.66. The molecule has 17 heavy (non-hydrogen) atoms. The first-order valence-electron chi connectivity index (χ1n) is 4.17. The lowest BCUT2D eigenvalue weighted by atomic mass is 10.2. The Morgan fingerprint density at radius 2 is 2.06 bits per heavy atom. The third-order valence-electron chi connectivity index (χ3n) is 1.87. The van der Waals surface area contributed by atoms with Crippen molar-refractivity contribution < 1.29 is 15.3 Å². The van der Waals surface area contributed by atoms with Gasteiger partial charge in [0.1, 0.15) is 5.01 Å². The van der Waals surface area contributed by atoms with Crippen molar-refractivity contribution in [2.45, 2.75) is 0 Å². The van der Waals surface area contributed by atoms with Crippen LogP contribution in [-0.4, -0.2) is 27.9 Å². The van der Waals surface area contributed by atoms with E-state index >= 15 is 0 Å². The van der Waals surface area contributed by atoms with E-state index < -0.39 is 0 Å². The van der Waals surface area contributed by atoms with Crippen LogP contribution >= 0.6 is 23.7 Å². The fraction of sp³-hybridized carbons (Fsp3) is 0.111. The Morgan fingerprint density at radius 1 is 1.35 bits per heavy atom.